The van der Waals surface area contributed by atoms with Crippen molar-refractivity contribution in [2.75, 3.05) is 12.3 Å². The van der Waals surface area contributed by atoms with E-state index in [9.17, 15) is 0 Å². The van der Waals surface area contributed by atoms with Gasteiger partial charge in [0.05, 0.1) is 15.7 Å². The summed E-state index contributed by atoms with van der Waals surface area (Å²) in [5.74, 6) is 0.752. The highest BCUT2D eigenvalue weighted by Gasteiger charge is 2.19. The number of anilines is 1. The number of nitrogen functional groups attached to an aromatic ring is 1. The van der Waals surface area contributed by atoms with Gasteiger partial charge in [0.25, 0.3) is 0 Å². The smallest absolute Gasteiger partial charge is 0.159 e. The summed E-state index contributed by atoms with van der Waals surface area (Å²) in [5.41, 5.74) is 10.9. The van der Waals surface area contributed by atoms with Crippen molar-refractivity contribution in [3.63, 3.8) is 0 Å². The van der Waals surface area contributed by atoms with Gasteiger partial charge in [-0.1, -0.05) is 29.3 Å². The number of hydrogen-bond acceptors (Lipinski definition) is 4. The molecule has 2 N–H and O–H groups in total. The maximum Gasteiger partial charge on any atom is 0.159 e. The minimum atomic E-state index is 0.586. The second-order valence-corrected chi connectivity index (χ2v) is 7.31. The first-order valence-corrected chi connectivity index (χ1v) is 9.21. The molecule has 0 radical (unpaired) electrons. The number of benzene rings is 2. The Balaban J connectivity index is 1.50. The lowest BCUT2D eigenvalue weighted by Crippen LogP contribution is -2.31. The van der Waals surface area contributed by atoms with Gasteiger partial charge in [-0.05, 0) is 42.0 Å². The van der Waals surface area contributed by atoms with Crippen LogP contribution in [0.25, 0.3) is 11.4 Å². The lowest BCUT2D eigenvalue weighted by molar-refractivity contribution is 0.243. The first kappa shape index (κ1) is 17.3. The van der Waals surface area contributed by atoms with E-state index in [0.717, 1.165) is 54.4 Å². The van der Waals surface area contributed by atoms with Crippen molar-refractivity contribution >= 4 is 28.9 Å². The SMILES string of the molecule is Nc1ccc(-c2ncc3c(n2)CCN(Cc2ccc(Cl)c(Cl)c2)C3)cc1. The van der Waals surface area contributed by atoms with Crippen LogP contribution in [0.4, 0.5) is 5.69 Å². The maximum absolute atomic E-state index is 6.12. The summed E-state index contributed by atoms with van der Waals surface area (Å²) < 4.78 is 0. The minimum absolute atomic E-state index is 0.586. The topological polar surface area (TPSA) is 55.0 Å². The third-order valence-corrected chi connectivity index (χ3v) is 5.31. The van der Waals surface area contributed by atoms with Gasteiger partial charge in [-0.15, -0.1) is 0 Å². The fourth-order valence-corrected chi connectivity index (χ4v) is 3.50. The lowest BCUT2D eigenvalue weighted by atomic mass is 10.1. The van der Waals surface area contributed by atoms with Crippen LogP contribution in [-0.2, 0) is 19.5 Å². The number of nitrogens with zero attached hydrogens (tertiary/aromatic N) is 3. The fraction of sp³-hybridized carbons (Fsp3) is 0.200. The van der Waals surface area contributed by atoms with Crippen LogP contribution in [0.3, 0.4) is 0 Å². The van der Waals surface area contributed by atoms with E-state index in [1.54, 1.807) is 0 Å². The van der Waals surface area contributed by atoms with Crippen LogP contribution in [0, 0.1) is 0 Å². The van der Waals surface area contributed by atoms with E-state index in [4.69, 9.17) is 33.9 Å². The molecule has 1 aliphatic heterocycles. The first-order valence-electron chi connectivity index (χ1n) is 8.45. The molecule has 2 aromatic carbocycles. The summed E-state index contributed by atoms with van der Waals surface area (Å²) in [5, 5.41) is 1.18. The zero-order chi connectivity index (χ0) is 18.1. The molecule has 0 bridgehead atoms. The minimum Gasteiger partial charge on any atom is -0.399 e. The average molecular weight is 385 g/mol. The van der Waals surface area contributed by atoms with Gasteiger partial charge in [0.1, 0.15) is 0 Å². The first-order chi connectivity index (χ1) is 12.6. The average Bonchev–Trinajstić information content (AvgIpc) is 2.65. The van der Waals surface area contributed by atoms with Crippen molar-refractivity contribution in [2.24, 2.45) is 0 Å². The number of fused-ring (bicyclic) bond motifs is 1. The molecule has 26 heavy (non-hydrogen) atoms. The quantitative estimate of drug-likeness (QED) is 0.670. The summed E-state index contributed by atoms with van der Waals surface area (Å²) in [4.78, 5) is 11.7. The molecule has 0 spiro atoms. The van der Waals surface area contributed by atoms with Crippen molar-refractivity contribution in [1.29, 1.82) is 0 Å². The van der Waals surface area contributed by atoms with Crippen LogP contribution < -0.4 is 5.73 Å². The third-order valence-electron chi connectivity index (χ3n) is 4.57. The predicted molar refractivity (Wildman–Crippen MR) is 106 cm³/mol. The van der Waals surface area contributed by atoms with Gasteiger partial charge < -0.3 is 5.73 Å². The zero-order valence-corrected chi connectivity index (χ0v) is 15.6. The molecule has 0 unspecified atom stereocenters. The van der Waals surface area contributed by atoms with E-state index < -0.39 is 0 Å². The summed E-state index contributed by atoms with van der Waals surface area (Å²) in [6, 6.07) is 13.4. The Bertz CT molecular complexity index is 941. The second-order valence-electron chi connectivity index (χ2n) is 6.50. The lowest BCUT2D eigenvalue weighted by Gasteiger charge is -2.28. The van der Waals surface area contributed by atoms with Crippen LogP contribution in [0.5, 0.6) is 0 Å². The molecule has 0 aliphatic carbocycles. The molecule has 1 aromatic heterocycles. The zero-order valence-electron chi connectivity index (χ0n) is 14.1. The molecule has 0 fully saturated rings. The number of halogens is 2. The molecule has 2 heterocycles. The molecular formula is C20H18Cl2N4. The number of nitrogens with two attached hydrogens (primary N) is 1. The number of aromatic nitrogens is 2. The molecule has 4 rings (SSSR count). The number of rotatable bonds is 3. The van der Waals surface area contributed by atoms with Crippen LogP contribution in [0.2, 0.25) is 10.0 Å². The number of hydrogen-bond donors (Lipinski definition) is 1. The molecule has 132 valence electrons. The van der Waals surface area contributed by atoms with E-state index in [1.807, 2.05) is 48.7 Å². The van der Waals surface area contributed by atoms with Crippen molar-refractivity contribution in [2.45, 2.75) is 19.5 Å². The summed E-state index contributed by atoms with van der Waals surface area (Å²) in [7, 11) is 0. The van der Waals surface area contributed by atoms with E-state index >= 15 is 0 Å². The van der Waals surface area contributed by atoms with Gasteiger partial charge in [0.15, 0.2) is 5.82 Å². The molecule has 0 atom stereocenters. The molecule has 0 saturated carbocycles. The molecule has 4 nitrogen and oxygen atoms in total. The third kappa shape index (κ3) is 3.68. The van der Waals surface area contributed by atoms with Crippen LogP contribution in [0.15, 0.2) is 48.7 Å². The standard InChI is InChI=1S/C20H18Cl2N4/c21-17-6-1-13(9-18(17)22)11-26-8-7-19-15(12-26)10-24-20(25-19)14-2-4-16(23)5-3-14/h1-6,9-10H,7-8,11-12,23H2. The van der Waals surface area contributed by atoms with Crippen molar-refractivity contribution in [1.82, 2.24) is 14.9 Å². The highest BCUT2D eigenvalue weighted by atomic mass is 35.5. The fourth-order valence-electron chi connectivity index (χ4n) is 3.18. The maximum atomic E-state index is 6.12. The van der Waals surface area contributed by atoms with Crippen molar-refractivity contribution in [3.8, 4) is 11.4 Å². The van der Waals surface area contributed by atoms with Crippen molar-refractivity contribution in [3.05, 3.63) is 75.5 Å². The van der Waals surface area contributed by atoms with Crippen LogP contribution in [0.1, 0.15) is 16.8 Å². The van der Waals surface area contributed by atoms with Gasteiger partial charge in [-0.2, -0.15) is 0 Å². The highest BCUT2D eigenvalue weighted by molar-refractivity contribution is 6.42. The van der Waals surface area contributed by atoms with Gasteiger partial charge >= 0.3 is 0 Å². The van der Waals surface area contributed by atoms with Gasteiger partial charge in [0, 0.05) is 49.1 Å². The Kier molecular flexibility index (Phi) is 4.81. The van der Waals surface area contributed by atoms with Gasteiger partial charge in [-0.25, -0.2) is 9.97 Å². The monoisotopic (exact) mass is 384 g/mol. The van der Waals surface area contributed by atoms with E-state index in [-0.39, 0.29) is 0 Å². The summed E-state index contributed by atoms with van der Waals surface area (Å²) >= 11 is 12.1. The Morgan fingerprint density at radius 3 is 2.62 bits per heavy atom. The Labute approximate surface area is 162 Å². The molecular weight excluding hydrogens is 367 g/mol. The Morgan fingerprint density at radius 2 is 1.85 bits per heavy atom. The molecule has 0 saturated heterocycles. The van der Waals surface area contributed by atoms with Crippen molar-refractivity contribution < 1.29 is 0 Å². The summed E-state index contributed by atoms with van der Waals surface area (Å²) in [6.45, 7) is 2.61. The van der Waals surface area contributed by atoms with Gasteiger partial charge in [-0.3, -0.25) is 4.90 Å². The van der Waals surface area contributed by atoms with E-state index in [1.165, 1.54) is 5.56 Å². The summed E-state index contributed by atoms with van der Waals surface area (Å²) in [6.07, 6.45) is 2.84. The van der Waals surface area contributed by atoms with Gasteiger partial charge in [0.2, 0.25) is 0 Å². The predicted octanol–water partition coefficient (Wildman–Crippen LogP) is 4.59. The Morgan fingerprint density at radius 1 is 1.04 bits per heavy atom. The molecule has 3 aromatic rings. The van der Waals surface area contributed by atoms with E-state index in [2.05, 4.69) is 9.88 Å². The van der Waals surface area contributed by atoms with E-state index in [0.29, 0.717) is 10.0 Å². The van der Waals surface area contributed by atoms with Crippen LogP contribution in [-0.4, -0.2) is 21.4 Å². The second kappa shape index (κ2) is 7.23. The highest BCUT2D eigenvalue weighted by Crippen LogP contribution is 2.26. The molecule has 6 heteroatoms. The Hall–Kier alpha value is -2.14. The van der Waals surface area contributed by atoms with Crippen LogP contribution >= 0.6 is 23.2 Å². The molecule has 1 aliphatic rings. The normalized spacial score (nSPS) is 14.2. The largest absolute Gasteiger partial charge is 0.399 e. The molecule has 0 amide bonds.